The van der Waals surface area contributed by atoms with Crippen molar-refractivity contribution in [2.75, 3.05) is 20.4 Å². The monoisotopic (exact) mass is 410 g/mol. The first kappa shape index (κ1) is 19.6. The molecule has 0 aromatic heterocycles. The number of nitrogens with two attached hydrogens (primary N) is 1. The molecule has 4 rings (SSSR count). The van der Waals surface area contributed by atoms with Crippen LogP contribution >= 0.6 is 11.6 Å². The van der Waals surface area contributed by atoms with Gasteiger partial charge in [-0.15, -0.1) is 0 Å². The van der Waals surface area contributed by atoms with Crippen molar-refractivity contribution in [2.24, 2.45) is 0 Å². The molecule has 0 aliphatic carbocycles. The van der Waals surface area contributed by atoms with Crippen molar-refractivity contribution in [1.29, 1.82) is 0 Å². The zero-order chi connectivity index (χ0) is 20.1. The number of fused-ring (bicyclic) bond motifs is 1. The minimum absolute atomic E-state index is 0.210. The molecule has 0 saturated heterocycles. The molecule has 4 nitrogen and oxygen atoms in total. The predicted octanol–water partition coefficient (Wildman–Crippen LogP) is 4.36. The summed E-state index contributed by atoms with van der Waals surface area (Å²) in [5.41, 5.74) is 3.67. The SMILES string of the molecule is COc1ccccc1[C@H](CC[NH2+]Cc1ccc(Cl)cc1)c1ccc2c(c1)OCO2. The molecule has 0 unspecified atom stereocenters. The summed E-state index contributed by atoms with van der Waals surface area (Å²) in [6, 6.07) is 22.5. The van der Waals surface area contributed by atoms with Crippen LogP contribution in [0.2, 0.25) is 5.02 Å². The van der Waals surface area contributed by atoms with Crippen LogP contribution in [0.5, 0.6) is 17.2 Å². The van der Waals surface area contributed by atoms with Gasteiger partial charge in [-0.25, -0.2) is 0 Å². The van der Waals surface area contributed by atoms with Gasteiger partial charge in [-0.2, -0.15) is 0 Å². The zero-order valence-electron chi connectivity index (χ0n) is 16.4. The smallest absolute Gasteiger partial charge is 0.231 e. The molecule has 150 valence electrons. The van der Waals surface area contributed by atoms with E-state index >= 15 is 0 Å². The molecule has 1 aliphatic rings. The highest BCUT2D eigenvalue weighted by Crippen LogP contribution is 2.39. The van der Waals surface area contributed by atoms with Crippen LogP contribution in [0.15, 0.2) is 66.7 Å². The summed E-state index contributed by atoms with van der Waals surface area (Å²) in [5.74, 6) is 2.74. The Morgan fingerprint density at radius 1 is 1.00 bits per heavy atom. The Morgan fingerprint density at radius 2 is 1.79 bits per heavy atom. The topological polar surface area (TPSA) is 44.3 Å². The van der Waals surface area contributed by atoms with Crippen LogP contribution < -0.4 is 19.5 Å². The Kier molecular flexibility index (Phi) is 6.23. The lowest BCUT2D eigenvalue weighted by Gasteiger charge is -2.20. The summed E-state index contributed by atoms with van der Waals surface area (Å²) < 4.78 is 16.7. The van der Waals surface area contributed by atoms with Crippen LogP contribution in [0.3, 0.4) is 0 Å². The standard InChI is InChI=1S/C24H24ClNO3/c1-27-22-5-3-2-4-21(22)20(18-8-11-23-24(14-18)29-16-28-23)12-13-26-15-17-6-9-19(25)10-7-17/h2-11,14,20,26H,12-13,15-16H2,1H3/p+1/t20-/m1/s1. The molecule has 1 heterocycles. The normalized spacial score (nSPS) is 13.3. The molecule has 0 radical (unpaired) electrons. The van der Waals surface area contributed by atoms with E-state index in [1.165, 1.54) is 16.7 Å². The highest BCUT2D eigenvalue weighted by Gasteiger charge is 2.22. The van der Waals surface area contributed by atoms with Crippen molar-refractivity contribution in [3.05, 3.63) is 88.4 Å². The number of ether oxygens (including phenoxy) is 3. The molecule has 0 saturated carbocycles. The van der Waals surface area contributed by atoms with Crippen molar-refractivity contribution in [1.82, 2.24) is 0 Å². The Bertz CT molecular complexity index is 959. The Labute approximate surface area is 176 Å². The number of rotatable bonds is 8. The summed E-state index contributed by atoms with van der Waals surface area (Å²) in [4.78, 5) is 0. The summed E-state index contributed by atoms with van der Waals surface area (Å²) in [6.45, 7) is 2.20. The first-order valence-corrected chi connectivity index (χ1v) is 10.2. The molecule has 0 bridgehead atoms. The largest absolute Gasteiger partial charge is 0.496 e. The fourth-order valence-electron chi connectivity index (χ4n) is 3.76. The molecule has 0 amide bonds. The number of benzene rings is 3. The van der Waals surface area contributed by atoms with E-state index in [0.29, 0.717) is 0 Å². The van der Waals surface area contributed by atoms with E-state index in [-0.39, 0.29) is 12.7 Å². The molecule has 0 fully saturated rings. The van der Waals surface area contributed by atoms with E-state index in [2.05, 4.69) is 41.7 Å². The second-order valence-electron chi connectivity index (χ2n) is 7.10. The number of hydrogen-bond donors (Lipinski definition) is 1. The molecule has 2 N–H and O–H groups in total. The lowest BCUT2D eigenvalue weighted by Crippen LogP contribution is -2.82. The molecular formula is C24H25ClNO3+. The first-order chi connectivity index (χ1) is 14.2. The molecule has 1 aliphatic heterocycles. The van der Waals surface area contributed by atoms with E-state index in [0.717, 1.165) is 41.8 Å². The lowest BCUT2D eigenvalue weighted by atomic mass is 9.87. The highest BCUT2D eigenvalue weighted by molar-refractivity contribution is 6.30. The third kappa shape index (κ3) is 4.66. The third-order valence-electron chi connectivity index (χ3n) is 5.27. The van der Waals surface area contributed by atoms with Gasteiger partial charge in [-0.1, -0.05) is 48.0 Å². The molecule has 3 aromatic rings. The van der Waals surface area contributed by atoms with Crippen LogP contribution in [-0.4, -0.2) is 20.4 Å². The average Bonchev–Trinajstić information content (AvgIpc) is 3.23. The molecular weight excluding hydrogens is 386 g/mol. The van der Waals surface area contributed by atoms with Gasteiger partial charge >= 0.3 is 0 Å². The maximum Gasteiger partial charge on any atom is 0.231 e. The van der Waals surface area contributed by atoms with E-state index < -0.39 is 0 Å². The number of methoxy groups -OCH3 is 1. The Hall–Kier alpha value is -2.69. The molecule has 1 atom stereocenters. The van der Waals surface area contributed by atoms with Gasteiger partial charge in [0.2, 0.25) is 6.79 Å². The quantitative estimate of drug-likeness (QED) is 0.561. The van der Waals surface area contributed by atoms with Crippen LogP contribution in [0.25, 0.3) is 0 Å². The van der Waals surface area contributed by atoms with Crippen molar-refractivity contribution >= 4 is 11.6 Å². The van der Waals surface area contributed by atoms with E-state index in [9.17, 15) is 0 Å². The molecule has 3 aromatic carbocycles. The van der Waals surface area contributed by atoms with Gasteiger partial charge in [0.1, 0.15) is 12.3 Å². The zero-order valence-corrected chi connectivity index (χ0v) is 17.2. The fraction of sp³-hybridized carbons (Fsp3) is 0.250. The van der Waals surface area contributed by atoms with Crippen molar-refractivity contribution in [3.8, 4) is 17.2 Å². The molecule has 0 spiro atoms. The van der Waals surface area contributed by atoms with Crippen LogP contribution in [0.4, 0.5) is 0 Å². The summed E-state index contributed by atoms with van der Waals surface area (Å²) >= 11 is 5.98. The fourth-order valence-corrected chi connectivity index (χ4v) is 3.89. The average molecular weight is 411 g/mol. The van der Waals surface area contributed by atoms with Gasteiger partial charge in [-0.3, -0.25) is 0 Å². The van der Waals surface area contributed by atoms with E-state index in [1.807, 2.05) is 30.3 Å². The molecule has 5 heteroatoms. The van der Waals surface area contributed by atoms with Crippen molar-refractivity contribution in [3.63, 3.8) is 0 Å². The van der Waals surface area contributed by atoms with Gasteiger partial charge in [0.15, 0.2) is 11.5 Å². The van der Waals surface area contributed by atoms with E-state index in [1.54, 1.807) is 7.11 Å². The van der Waals surface area contributed by atoms with Gasteiger partial charge in [-0.05, 0) is 35.9 Å². The van der Waals surface area contributed by atoms with Gasteiger partial charge in [0.05, 0.1) is 13.7 Å². The number of hydrogen-bond acceptors (Lipinski definition) is 3. The minimum atomic E-state index is 0.210. The number of halogens is 1. The number of para-hydroxylation sites is 1. The van der Waals surface area contributed by atoms with Crippen molar-refractivity contribution < 1.29 is 19.5 Å². The third-order valence-corrected chi connectivity index (χ3v) is 5.52. The van der Waals surface area contributed by atoms with Crippen LogP contribution in [-0.2, 0) is 6.54 Å². The second-order valence-corrected chi connectivity index (χ2v) is 7.54. The lowest BCUT2D eigenvalue weighted by molar-refractivity contribution is -0.671. The number of quaternary nitrogens is 1. The second kappa shape index (κ2) is 9.21. The van der Waals surface area contributed by atoms with E-state index in [4.69, 9.17) is 25.8 Å². The maximum absolute atomic E-state index is 5.98. The minimum Gasteiger partial charge on any atom is -0.496 e. The first-order valence-electron chi connectivity index (χ1n) is 9.83. The predicted molar refractivity (Wildman–Crippen MR) is 114 cm³/mol. The maximum atomic E-state index is 5.98. The Morgan fingerprint density at radius 3 is 2.62 bits per heavy atom. The summed E-state index contributed by atoms with van der Waals surface area (Å²) in [6.07, 6.45) is 0.980. The molecule has 29 heavy (non-hydrogen) atoms. The highest BCUT2D eigenvalue weighted by atomic mass is 35.5. The van der Waals surface area contributed by atoms with Gasteiger partial charge < -0.3 is 19.5 Å². The van der Waals surface area contributed by atoms with Gasteiger partial charge in [0.25, 0.3) is 0 Å². The van der Waals surface area contributed by atoms with Crippen LogP contribution in [0.1, 0.15) is 29.0 Å². The summed E-state index contributed by atoms with van der Waals surface area (Å²) in [5, 5.41) is 3.10. The van der Waals surface area contributed by atoms with Gasteiger partial charge in [0, 0.05) is 28.5 Å². The Balaban J connectivity index is 1.51. The summed E-state index contributed by atoms with van der Waals surface area (Å²) in [7, 11) is 1.72. The van der Waals surface area contributed by atoms with Crippen LogP contribution in [0, 0.1) is 0 Å². The van der Waals surface area contributed by atoms with Crippen molar-refractivity contribution in [2.45, 2.75) is 18.9 Å².